The molecule has 11 nitrogen and oxygen atoms in total. The van der Waals surface area contributed by atoms with Crippen LogP contribution >= 0.6 is 0 Å². The van der Waals surface area contributed by atoms with Crippen molar-refractivity contribution in [1.82, 2.24) is 16.0 Å². The van der Waals surface area contributed by atoms with Gasteiger partial charge in [0.25, 0.3) is 5.91 Å². The van der Waals surface area contributed by atoms with Gasteiger partial charge in [0.05, 0.1) is 25.9 Å². The molecular formula is C26H29F4N3O8. The van der Waals surface area contributed by atoms with Crippen LogP contribution in [0.2, 0.25) is 0 Å². The molecule has 3 N–H and O–H groups in total. The van der Waals surface area contributed by atoms with Gasteiger partial charge in [0.2, 0.25) is 11.8 Å². The number of rotatable bonds is 16. The number of carbonyl (C=O) groups excluding carboxylic acids is 4. The number of epoxide rings is 1. The van der Waals surface area contributed by atoms with Crippen LogP contribution in [0.25, 0.3) is 0 Å². The third kappa shape index (κ3) is 9.65. The third-order valence-corrected chi connectivity index (χ3v) is 6.01. The number of amides is 3. The maximum atomic E-state index is 13.2. The van der Waals surface area contributed by atoms with E-state index in [-0.39, 0.29) is 18.8 Å². The Labute approximate surface area is 231 Å². The van der Waals surface area contributed by atoms with Gasteiger partial charge in [-0.15, -0.1) is 0 Å². The van der Waals surface area contributed by atoms with E-state index in [1.807, 2.05) is 0 Å². The second-order valence-corrected chi connectivity index (χ2v) is 9.32. The van der Waals surface area contributed by atoms with Crippen molar-refractivity contribution in [1.29, 1.82) is 0 Å². The molecule has 0 unspecified atom stereocenters. The Balaban J connectivity index is 1.77. The molecule has 0 spiro atoms. The summed E-state index contributed by atoms with van der Waals surface area (Å²) in [6.45, 7) is -5.56. The minimum atomic E-state index is -3.33. The van der Waals surface area contributed by atoms with Crippen molar-refractivity contribution in [2.45, 2.75) is 57.2 Å². The molecule has 0 bridgehead atoms. The summed E-state index contributed by atoms with van der Waals surface area (Å²) in [5, 5.41) is 6.67. The number of Topliss-reactive ketones (excluding diaryl/α,β-unsaturated/α-hetero) is 1. The first kappa shape index (κ1) is 31.7. The lowest BCUT2D eigenvalue weighted by Gasteiger charge is -2.25. The third-order valence-electron chi connectivity index (χ3n) is 6.01. The molecule has 0 saturated carbocycles. The molecule has 2 heterocycles. The van der Waals surface area contributed by atoms with E-state index in [9.17, 15) is 36.7 Å². The summed E-state index contributed by atoms with van der Waals surface area (Å²) in [4.78, 5) is 51.7. The molecule has 0 radical (unpaired) electrons. The van der Waals surface area contributed by atoms with Gasteiger partial charge >= 0.3 is 13.2 Å². The molecule has 3 rings (SSSR count). The minimum Gasteiger partial charge on any atom is -0.456 e. The fourth-order valence-corrected chi connectivity index (χ4v) is 3.71. The Hall–Kier alpha value is -3.82. The summed E-state index contributed by atoms with van der Waals surface area (Å²) in [6.07, 6.45) is 0.0181. The van der Waals surface area contributed by atoms with Crippen molar-refractivity contribution < 1.29 is 55.4 Å². The lowest BCUT2D eigenvalue weighted by molar-refractivity contribution is -0.152. The summed E-state index contributed by atoms with van der Waals surface area (Å²) < 4.78 is 69.9. The number of furan rings is 1. The Morgan fingerprint density at radius 2 is 1.39 bits per heavy atom. The quantitative estimate of drug-likeness (QED) is 0.199. The summed E-state index contributed by atoms with van der Waals surface area (Å²) in [5.74, 6) is -3.66. The highest BCUT2D eigenvalue weighted by atomic mass is 19.3. The SMILES string of the molecule is Cc1ccc(C(=O)N[C@@H](COC(F)F)C(=O)N[C@@H](COC(F)F)C(=O)N[C@@H](Cc2ccccc2)C(=O)[C@]2(C)CO2)o1. The van der Waals surface area contributed by atoms with Crippen LogP contribution < -0.4 is 16.0 Å². The van der Waals surface area contributed by atoms with Crippen molar-refractivity contribution >= 4 is 23.5 Å². The van der Waals surface area contributed by atoms with Crippen LogP contribution in [0.3, 0.4) is 0 Å². The van der Waals surface area contributed by atoms with Crippen molar-refractivity contribution in [3.05, 3.63) is 59.5 Å². The second kappa shape index (κ2) is 14.2. The predicted molar refractivity (Wildman–Crippen MR) is 132 cm³/mol. The Morgan fingerprint density at radius 3 is 1.88 bits per heavy atom. The molecule has 0 aliphatic carbocycles. The Kier molecular flexibility index (Phi) is 11.0. The molecule has 1 saturated heterocycles. The molecule has 1 aliphatic heterocycles. The standard InChI is InChI=1S/C26H29F4N3O8/c1-14-8-9-19(41-14)23(37)33-18(12-39-25(29)30)22(36)32-17(11-38-24(27)28)21(35)31-16(20(34)26(2)13-40-26)10-15-6-4-3-5-7-15/h3-9,16-18,24-25H,10-13H2,1-2H3,(H,31,35)(H,32,36)(H,33,37)/t16-,17-,18-,26-/m0/s1. The van der Waals surface area contributed by atoms with Gasteiger partial charge in [0.1, 0.15) is 23.4 Å². The number of ether oxygens (including phenoxy) is 3. The van der Waals surface area contributed by atoms with E-state index in [1.165, 1.54) is 19.1 Å². The fraction of sp³-hybridized carbons (Fsp3) is 0.462. The van der Waals surface area contributed by atoms with Crippen LogP contribution in [0.4, 0.5) is 17.6 Å². The van der Waals surface area contributed by atoms with Crippen LogP contribution in [0.15, 0.2) is 46.9 Å². The van der Waals surface area contributed by atoms with Gasteiger partial charge in [-0.3, -0.25) is 19.2 Å². The maximum Gasteiger partial charge on any atom is 0.345 e. The van der Waals surface area contributed by atoms with Crippen LogP contribution in [0.5, 0.6) is 0 Å². The monoisotopic (exact) mass is 587 g/mol. The van der Waals surface area contributed by atoms with E-state index in [0.717, 1.165) is 0 Å². The number of alkyl halides is 4. The van der Waals surface area contributed by atoms with E-state index in [4.69, 9.17) is 9.15 Å². The molecule has 41 heavy (non-hydrogen) atoms. The van der Waals surface area contributed by atoms with Crippen LogP contribution in [0, 0.1) is 6.92 Å². The van der Waals surface area contributed by atoms with Crippen LogP contribution in [-0.4, -0.2) is 80.3 Å². The largest absolute Gasteiger partial charge is 0.456 e. The molecular weight excluding hydrogens is 558 g/mol. The number of aryl methyl sites for hydroxylation is 1. The number of hydrogen-bond donors (Lipinski definition) is 3. The van der Waals surface area contributed by atoms with E-state index >= 15 is 0 Å². The zero-order valence-corrected chi connectivity index (χ0v) is 22.0. The summed E-state index contributed by atoms with van der Waals surface area (Å²) in [6, 6.07) is 6.51. The Bertz CT molecular complexity index is 1210. The molecule has 1 aromatic heterocycles. The highest BCUT2D eigenvalue weighted by Gasteiger charge is 2.50. The van der Waals surface area contributed by atoms with E-state index in [2.05, 4.69) is 25.4 Å². The zero-order valence-electron chi connectivity index (χ0n) is 22.0. The first-order valence-electron chi connectivity index (χ1n) is 12.4. The molecule has 15 heteroatoms. The summed E-state index contributed by atoms with van der Waals surface area (Å²) >= 11 is 0. The van der Waals surface area contributed by atoms with E-state index in [1.54, 1.807) is 37.3 Å². The van der Waals surface area contributed by atoms with Gasteiger partial charge in [-0.2, -0.15) is 17.6 Å². The van der Waals surface area contributed by atoms with Gasteiger partial charge in [-0.05, 0) is 38.0 Å². The molecule has 2 aromatic rings. The second-order valence-electron chi connectivity index (χ2n) is 9.32. The van der Waals surface area contributed by atoms with Gasteiger partial charge < -0.3 is 34.6 Å². The predicted octanol–water partition coefficient (Wildman–Crippen LogP) is 1.74. The molecule has 224 valence electrons. The highest BCUT2D eigenvalue weighted by Crippen LogP contribution is 2.29. The summed E-state index contributed by atoms with van der Waals surface area (Å²) in [7, 11) is 0. The van der Waals surface area contributed by atoms with Crippen molar-refractivity contribution in [3.63, 3.8) is 0 Å². The number of halogens is 4. The molecule has 1 aromatic carbocycles. The van der Waals surface area contributed by atoms with Gasteiger partial charge in [-0.25, -0.2) is 0 Å². The fourth-order valence-electron chi connectivity index (χ4n) is 3.71. The van der Waals surface area contributed by atoms with Crippen LogP contribution in [-0.2, 0) is 35.0 Å². The molecule has 1 fully saturated rings. The smallest absolute Gasteiger partial charge is 0.345 e. The normalized spacial score (nSPS) is 18.4. The van der Waals surface area contributed by atoms with Crippen molar-refractivity contribution in [2.24, 2.45) is 0 Å². The molecule has 4 atom stereocenters. The number of benzene rings is 1. The average Bonchev–Trinajstić information content (AvgIpc) is 3.53. The van der Waals surface area contributed by atoms with Crippen molar-refractivity contribution in [3.8, 4) is 0 Å². The maximum absolute atomic E-state index is 13.2. The molecule has 1 aliphatic rings. The van der Waals surface area contributed by atoms with E-state index < -0.39 is 73.7 Å². The number of ketones is 1. The van der Waals surface area contributed by atoms with Crippen LogP contribution in [0.1, 0.15) is 28.8 Å². The Morgan fingerprint density at radius 1 is 0.854 bits per heavy atom. The number of carbonyl (C=O) groups is 4. The first-order valence-corrected chi connectivity index (χ1v) is 12.4. The minimum absolute atomic E-state index is 0.0181. The van der Waals surface area contributed by atoms with Gasteiger partial charge in [0.15, 0.2) is 11.5 Å². The van der Waals surface area contributed by atoms with Gasteiger partial charge in [-0.1, -0.05) is 30.3 Å². The molecule has 3 amide bonds. The van der Waals surface area contributed by atoms with E-state index in [0.29, 0.717) is 11.3 Å². The zero-order chi connectivity index (χ0) is 30.2. The highest BCUT2D eigenvalue weighted by molar-refractivity contribution is 5.99. The lowest BCUT2D eigenvalue weighted by atomic mass is 9.94. The van der Waals surface area contributed by atoms with Gasteiger partial charge in [0, 0.05) is 0 Å². The lowest BCUT2D eigenvalue weighted by Crippen LogP contribution is -2.59. The topological polar surface area (TPSA) is 148 Å². The summed E-state index contributed by atoms with van der Waals surface area (Å²) in [5.41, 5.74) is -0.489. The number of hydrogen-bond acceptors (Lipinski definition) is 8. The first-order chi connectivity index (χ1) is 19.4. The average molecular weight is 588 g/mol. The number of nitrogens with one attached hydrogen (secondary N) is 3. The van der Waals surface area contributed by atoms with Crippen molar-refractivity contribution in [2.75, 3.05) is 19.8 Å².